The van der Waals surface area contributed by atoms with Crippen LogP contribution in [-0.2, 0) is 0 Å². The summed E-state index contributed by atoms with van der Waals surface area (Å²) in [6.07, 6.45) is 0. The van der Waals surface area contributed by atoms with Crippen molar-refractivity contribution >= 4 is 43.5 Å². The summed E-state index contributed by atoms with van der Waals surface area (Å²) in [5, 5.41) is 15.2. The lowest BCUT2D eigenvalue weighted by Crippen LogP contribution is -1.97. The number of fused-ring (bicyclic) bond motifs is 6. The molecule has 0 radical (unpaired) electrons. The fourth-order valence-corrected chi connectivity index (χ4v) is 6.23. The number of hydrogen-bond donors (Lipinski definition) is 0. The third kappa shape index (κ3) is 4.33. The van der Waals surface area contributed by atoms with Crippen LogP contribution in [0.3, 0.4) is 0 Å². The molecule has 5 heteroatoms. The molecule has 45 heavy (non-hydrogen) atoms. The van der Waals surface area contributed by atoms with Crippen molar-refractivity contribution < 1.29 is 0 Å². The van der Waals surface area contributed by atoms with Gasteiger partial charge in [0.2, 0.25) is 0 Å². The van der Waals surface area contributed by atoms with Crippen LogP contribution in [-0.4, -0.2) is 25.0 Å². The van der Waals surface area contributed by atoms with Gasteiger partial charge in [0, 0.05) is 21.9 Å². The summed E-state index contributed by atoms with van der Waals surface area (Å²) in [6.45, 7) is 0. The van der Waals surface area contributed by atoms with Crippen LogP contribution in [0.25, 0.3) is 82.9 Å². The summed E-state index contributed by atoms with van der Waals surface area (Å²) >= 11 is 0. The molecule has 0 amide bonds. The van der Waals surface area contributed by atoms with Crippen molar-refractivity contribution in [2.45, 2.75) is 0 Å². The van der Waals surface area contributed by atoms with Gasteiger partial charge in [-0.25, -0.2) is 9.97 Å². The lowest BCUT2D eigenvalue weighted by atomic mass is 9.98. The van der Waals surface area contributed by atoms with E-state index in [-0.39, 0.29) is 0 Å². The van der Waals surface area contributed by atoms with Crippen LogP contribution in [0.15, 0.2) is 152 Å². The Labute approximate surface area is 259 Å². The number of para-hydroxylation sites is 2. The molecular formula is C40H25N5. The van der Waals surface area contributed by atoms with Crippen molar-refractivity contribution in [2.24, 2.45) is 0 Å². The molecule has 210 valence electrons. The number of hydrogen-bond acceptors (Lipinski definition) is 4. The van der Waals surface area contributed by atoms with Crippen molar-refractivity contribution in [3.8, 4) is 39.5 Å². The summed E-state index contributed by atoms with van der Waals surface area (Å²) in [5.41, 5.74) is 8.82. The second-order valence-electron chi connectivity index (χ2n) is 11.2. The molecular weight excluding hydrogens is 550 g/mol. The molecule has 2 aromatic heterocycles. The van der Waals surface area contributed by atoms with E-state index in [0.717, 1.165) is 71.6 Å². The van der Waals surface area contributed by atoms with Gasteiger partial charge >= 0.3 is 0 Å². The Morgan fingerprint density at radius 2 is 1.13 bits per heavy atom. The molecule has 0 atom stereocenters. The fourth-order valence-electron chi connectivity index (χ4n) is 6.23. The summed E-state index contributed by atoms with van der Waals surface area (Å²) in [4.78, 5) is 12.0. The van der Waals surface area contributed by atoms with Crippen LogP contribution in [0, 0.1) is 0 Å². The molecule has 0 aliphatic heterocycles. The molecule has 7 aromatic carbocycles. The zero-order chi connectivity index (χ0) is 29.7. The van der Waals surface area contributed by atoms with Gasteiger partial charge in [-0.3, -0.25) is 0 Å². The minimum absolute atomic E-state index is 0.688. The van der Waals surface area contributed by atoms with Gasteiger partial charge in [0.05, 0.1) is 16.9 Å². The average molecular weight is 576 g/mol. The zero-order valence-electron chi connectivity index (χ0n) is 24.2. The van der Waals surface area contributed by atoms with Gasteiger partial charge in [0.15, 0.2) is 5.82 Å². The average Bonchev–Trinajstić information content (AvgIpc) is 3.56. The largest absolute Gasteiger partial charge is 0.228 e. The number of rotatable bonds is 4. The van der Waals surface area contributed by atoms with Crippen molar-refractivity contribution in [3.05, 3.63) is 152 Å². The lowest BCUT2D eigenvalue weighted by molar-refractivity contribution is 0.766. The van der Waals surface area contributed by atoms with Crippen molar-refractivity contribution in [3.63, 3.8) is 0 Å². The number of benzene rings is 7. The van der Waals surface area contributed by atoms with Crippen LogP contribution < -0.4 is 0 Å². The molecule has 0 spiro atoms. The van der Waals surface area contributed by atoms with Crippen molar-refractivity contribution in [1.29, 1.82) is 0 Å². The molecule has 0 saturated carbocycles. The molecule has 2 heterocycles. The molecule has 0 unspecified atom stereocenters. The molecule has 0 aliphatic carbocycles. The Kier molecular flexibility index (Phi) is 5.74. The van der Waals surface area contributed by atoms with E-state index in [4.69, 9.17) is 20.2 Å². The standard InChI is InChI=1S/C40H25N5/c1-3-10-26(11-4-1)29-12-9-13-30(24-29)38-33-16-7-8-17-35(33)41-40(42-38)31-21-19-27-18-20-28-22-23-36-39(37(28)34(27)25-31)44-45(43-36)32-14-5-2-6-15-32/h1-25H. The SMILES string of the molecule is c1ccc(-c2cccc(-c3nc(-c4ccc5ccc6ccc7nn(-c8ccccc8)nc7c6c5c4)nc4ccccc34)c2)cc1. The molecule has 0 aliphatic rings. The molecule has 9 rings (SSSR count). The highest BCUT2D eigenvalue weighted by atomic mass is 15.5. The van der Waals surface area contributed by atoms with Crippen LogP contribution in [0.1, 0.15) is 0 Å². The molecule has 0 bridgehead atoms. The van der Waals surface area contributed by atoms with E-state index < -0.39 is 0 Å². The number of nitrogens with zero attached hydrogens (tertiary/aromatic N) is 5. The molecule has 0 fully saturated rings. The maximum atomic E-state index is 5.23. The van der Waals surface area contributed by atoms with E-state index in [1.165, 1.54) is 5.56 Å². The Bertz CT molecular complexity index is 2540. The summed E-state index contributed by atoms with van der Waals surface area (Å²) in [6, 6.07) is 52.3. The monoisotopic (exact) mass is 575 g/mol. The summed E-state index contributed by atoms with van der Waals surface area (Å²) in [5.74, 6) is 0.688. The van der Waals surface area contributed by atoms with Crippen molar-refractivity contribution in [1.82, 2.24) is 25.0 Å². The highest BCUT2D eigenvalue weighted by molar-refractivity contribution is 6.18. The minimum atomic E-state index is 0.688. The van der Waals surface area contributed by atoms with E-state index in [1.807, 2.05) is 54.6 Å². The highest BCUT2D eigenvalue weighted by Gasteiger charge is 2.15. The smallest absolute Gasteiger partial charge is 0.160 e. The normalized spacial score (nSPS) is 11.6. The summed E-state index contributed by atoms with van der Waals surface area (Å²) < 4.78 is 0. The minimum Gasteiger partial charge on any atom is -0.228 e. The van der Waals surface area contributed by atoms with Gasteiger partial charge in [0.1, 0.15) is 11.0 Å². The molecule has 0 saturated heterocycles. The van der Waals surface area contributed by atoms with Gasteiger partial charge < -0.3 is 0 Å². The van der Waals surface area contributed by atoms with E-state index in [1.54, 1.807) is 4.80 Å². The molecule has 5 nitrogen and oxygen atoms in total. The fraction of sp³-hybridized carbons (Fsp3) is 0. The van der Waals surface area contributed by atoms with E-state index >= 15 is 0 Å². The Morgan fingerprint density at radius 1 is 0.422 bits per heavy atom. The van der Waals surface area contributed by atoms with Gasteiger partial charge in [0.25, 0.3) is 0 Å². The maximum absolute atomic E-state index is 5.23. The third-order valence-electron chi connectivity index (χ3n) is 8.44. The number of aromatic nitrogens is 5. The van der Waals surface area contributed by atoms with Crippen LogP contribution >= 0.6 is 0 Å². The van der Waals surface area contributed by atoms with E-state index in [2.05, 4.69) is 97.1 Å². The molecule has 9 aromatic rings. The Morgan fingerprint density at radius 3 is 2.02 bits per heavy atom. The third-order valence-corrected chi connectivity index (χ3v) is 8.44. The molecule has 0 N–H and O–H groups in total. The highest BCUT2D eigenvalue weighted by Crippen LogP contribution is 2.35. The first kappa shape index (κ1) is 25.3. The van der Waals surface area contributed by atoms with Crippen molar-refractivity contribution in [2.75, 3.05) is 0 Å². The second kappa shape index (κ2) is 10.2. The predicted octanol–water partition coefficient (Wildman–Crippen LogP) is 9.67. The second-order valence-corrected chi connectivity index (χ2v) is 11.2. The predicted molar refractivity (Wildman–Crippen MR) is 183 cm³/mol. The Balaban J connectivity index is 1.25. The zero-order valence-corrected chi connectivity index (χ0v) is 24.2. The van der Waals surface area contributed by atoms with E-state index in [9.17, 15) is 0 Å². The van der Waals surface area contributed by atoms with Crippen LogP contribution in [0.5, 0.6) is 0 Å². The topological polar surface area (TPSA) is 56.5 Å². The lowest BCUT2D eigenvalue weighted by Gasteiger charge is -2.12. The van der Waals surface area contributed by atoms with E-state index in [0.29, 0.717) is 5.82 Å². The quantitative estimate of drug-likeness (QED) is 0.196. The Hall–Kier alpha value is -6.20. The van der Waals surface area contributed by atoms with Gasteiger partial charge in [-0.1, -0.05) is 115 Å². The van der Waals surface area contributed by atoms with Gasteiger partial charge in [-0.05, 0) is 63.7 Å². The van der Waals surface area contributed by atoms with Gasteiger partial charge in [-0.15, -0.1) is 10.2 Å². The van der Waals surface area contributed by atoms with Gasteiger partial charge in [-0.2, -0.15) is 4.80 Å². The first-order valence-electron chi connectivity index (χ1n) is 15.0. The maximum Gasteiger partial charge on any atom is 0.160 e. The first-order valence-corrected chi connectivity index (χ1v) is 15.0. The first-order chi connectivity index (χ1) is 22.3. The summed E-state index contributed by atoms with van der Waals surface area (Å²) in [7, 11) is 0. The van der Waals surface area contributed by atoms with Crippen LogP contribution in [0.2, 0.25) is 0 Å². The van der Waals surface area contributed by atoms with Crippen LogP contribution in [0.4, 0.5) is 0 Å².